The first-order valence-electron chi connectivity index (χ1n) is 8.77. The monoisotopic (exact) mass is 347 g/mol. The third kappa shape index (κ3) is 3.72. The van der Waals surface area contributed by atoms with E-state index in [-0.39, 0.29) is 24.5 Å². The molecule has 1 aromatic rings. The zero-order valence-corrected chi connectivity index (χ0v) is 14.9. The Kier molecular flexibility index (Phi) is 4.88. The molecule has 2 aliphatic rings. The first kappa shape index (κ1) is 17.6. The van der Waals surface area contributed by atoms with E-state index in [9.17, 15) is 14.7 Å². The van der Waals surface area contributed by atoms with Gasteiger partial charge in [-0.15, -0.1) is 0 Å². The molecule has 0 aromatic heterocycles. The van der Waals surface area contributed by atoms with Crippen molar-refractivity contribution in [2.24, 2.45) is 17.8 Å². The van der Waals surface area contributed by atoms with Crippen LogP contribution < -0.4 is 9.47 Å². The van der Waals surface area contributed by atoms with Crippen LogP contribution in [0.3, 0.4) is 0 Å². The molecule has 0 unspecified atom stereocenters. The van der Waals surface area contributed by atoms with Gasteiger partial charge >= 0.3 is 5.97 Å². The highest BCUT2D eigenvalue weighted by Gasteiger charge is 2.46. The van der Waals surface area contributed by atoms with Crippen LogP contribution in [0.4, 0.5) is 0 Å². The van der Waals surface area contributed by atoms with Crippen LogP contribution in [0.25, 0.3) is 0 Å². The molecule has 3 rings (SSSR count). The van der Waals surface area contributed by atoms with Gasteiger partial charge in [0.15, 0.2) is 11.5 Å². The molecular formula is C19H25NO5. The smallest absolute Gasteiger partial charge is 0.308 e. The normalized spacial score (nSPS) is 23.0. The topological polar surface area (TPSA) is 76.1 Å². The molecule has 136 valence electrons. The van der Waals surface area contributed by atoms with Crippen molar-refractivity contribution in [3.8, 4) is 11.5 Å². The molecule has 1 aliphatic heterocycles. The van der Waals surface area contributed by atoms with Crippen molar-refractivity contribution >= 4 is 11.9 Å². The molecule has 25 heavy (non-hydrogen) atoms. The largest absolute Gasteiger partial charge is 0.493 e. The highest BCUT2D eigenvalue weighted by Crippen LogP contribution is 2.44. The van der Waals surface area contributed by atoms with Crippen LogP contribution in [0.5, 0.6) is 11.5 Å². The second-order valence-electron chi connectivity index (χ2n) is 7.19. The number of benzene rings is 1. The average Bonchev–Trinajstić information content (AvgIpc) is 3.32. The minimum atomic E-state index is -0.800. The quantitative estimate of drug-likeness (QED) is 0.856. The Morgan fingerprint density at radius 1 is 1.20 bits per heavy atom. The van der Waals surface area contributed by atoms with Crippen LogP contribution in [0.1, 0.15) is 37.0 Å². The van der Waals surface area contributed by atoms with Crippen LogP contribution in [0, 0.1) is 17.8 Å². The van der Waals surface area contributed by atoms with E-state index in [0.29, 0.717) is 29.5 Å². The fourth-order valence-electron chi connectivity index (χ4n) is 3.59. The van der Waals surface area contributed by atoms with Crippen molar-refractivity contribution in [2.75, 3.05) is 20.2 Å². The van der Waals surface area contributed by atoms with Gasteiger partial charge in [0.05, 0.1) is 19.1 Å². The highest BCUT2D eigenvalue weighted by molar-refractivity contribution is 5.95. The molecule has 0 radical (unpaired) electrons. The molecule has 1 saturated carbocycles. The van der Waals surface area contributed by atoms with Crippen molar-refractivity contribution in [3.63, 3.8) is 0 Å². The maximum Gasteiger partial charge on any atom is 0.308 e. The molecule has 6 heteroatoms. The Bertz CT molecular complexity index is 668. The van der Waals surface area contributed by atoms with E-state index in [0.717, 1.165) is 12.8 Å². The number of hydrogen-bond donors (Lipinski definition) is 1. The highest BCUT2D eigenvalue weighted by atomic mass is 16.5. The number of nitrogens with zero attached hydrogens (tertiary/aromatic N) is 1. The zero-order valence-electron chi connectivity index (χ0n) is 14.9. The number of rotatable bonds is 6. The molecule has 1 N–H and O–H groups in total. The van der Waals surface area contributed by atoms with E-state index >= 15 is 0 Å². The predicted octanol–water partition coefficient (Wildman–Crippen LogP) is 2.67. The van der Waals surface area contributed by atoms with E-state index in [1.54, 1.807) is 23.1 Å². The SMILES string of the molecule is COc1cc(C(=O)N2C[C@H](C(=O)O)[C@@H](C3CC3)C2)ccc1OC(C)C. The first-order chi connectivity index (χ1) is 11.9. The van der Waals surface area contributed by atoms with Crippen LogP contribution in [0.2, 0.25) is 0 Å². The lowest BCUT2D eigenvalue weighted by Crippen LogP contribution is -2.30. The number of methoxy groups -OCH3 is 1. The summed E-state index contributed by atoms with van der Waals surface area (Å²) in [5, 5.41) is 9.46. The van der Waals surface area contributed by atoms with Crippen molar-refractivity contribution in [1.29, 1.82) is 0 Å². The second kappa shape index (κ2) is 6.94. The third-order valence-electron chi connectivity index (χ3n) is 4.97. The Balaban J connectivity index is 1.77. The maximum atomic E-state index is 12.8. The molecule has 2 fully saturated rings. The summed E-state index contributed by atoms with van der Waals surface area (Å²) >= 11 is 0. The van der Waals surface area contributed by atoms with E-state index < -0.39 is 11.9 Å². The first-order valence-corrected chi connectivity index (χ1v) is 8.77. The number of amides is 1. The molecule has 0 spiro atoms. The summed E-state index contributed by atoms with van der Waals surface area (Å²) in [7, 11) is 1.54. The molecule has 1 amide bonds. The van der Waals surface area contributed by atoms with Gasteiger partial charge in [0, 0.05) is 18.7 Å². The minimum Gasteiger partial charge on any atom is -0.493 e. The lowest BCUT2D eigenvalue weighted by molar-refractivity contribution is -0.142. The number of hydrogen-bond acceptors (Lipinski definition) is 4. The molecule has 1 saturated heterocycles. The van der Waals surface area contributed by atoms with Crippen LogP contribution in [-0.4, -0.2) is 48.2 Å². The molecule has 1 aliphatic carbocycles. The Labute approximate surface area is 147 Å². The van der Waals surface area contributed by atoms with Crippen molar-refractivity contribution in [3.05, 3.63) is 23.8 Å². The van der Waals surface area contributed by atoms with Gasteiger partial charge in [0.2, 0.25) is 0 Å². The number of carbonyl (C=O) groups excluding carboxylic acids is 1. The summed E-state index contributed by atoms with van der Waals surface area (Å²) in [6.45, 7) is 4.65. The van der Waals surface area contributed by atoms with Gasteiger partial charge in [0.25, 0.3) is 5.91 Å². The Morgan fingerprint density at radius 2 is 1.92 bits per heavy atom. The van der Waals surface area contributed by atoms with Crippen molar-refractivity contribution < 1.29 is 24.2 Å². The van der Waals surface area contributed by atoms with Gasteiger partial charge in [-0.2, -0.15) is 0 Å². The van der Waals surface area contributed by atoms with E-state index in [4.69, 9.17) is 9.47 Å². The fraction of sp³-hybridized carbons (Fsp3) is 0.579. The van der Waals surface area contributed by atoms with Gasteiger partial charge < -0.3 is 19.5 Å². The number of likely N-dealkylation sites (tertiary alicyclic amines) is 1. The third-order valence-corrected chi connectivity index (χ3v) is 4.97. The van der Waals surface area contributed by atoms with E-state index in [1.165, 1.54) is 7.11 Å². The van der Waals surface area contributed by atoms with Crippen LogP contribution in [0.15, 0.2) is 18.2 Å². The number of carbonyl (C=O) groups is 2. The van der Waals surface area contributed by atoms with Crippen molar-refractivity contribution in [1.82, 2.24) is 4.90 Å². The second-order valence-corrected chi connectivity index (χ2v) is 7.19. The van der Waals surface area contributed by atoms with Gasteiger partial charge in [-0.25, -0.2) is 0 Å². The summed E-state index contributed by atoms with van der Waals surface area (Å²) in [6, 6.07) is 5.11. The van der Waals surface area contributed by atoms with Crippen LogP contribution >= 0.6 is 0 Å². The summed E-state index contributed by atoms with van der Waals surface area (Å²) in [5.41, 5.74) is 0.494. The Hall–Kier alpha value is -2.24. The molecular weight excluding hydrogens is 322 g/mol. The van der Waals surface area contributed by atoms with E-state index in [1.807, 2.05) is 13.8 Å². The van der Waals surface area contributed by atoms with Crippen LogP contribution in [-0.2, 0) is 4.79 Å². The molecule has 2 atom stereocenters. The molecule has 6 nitrogen and oxygen atoms in total. The lowest BCUT2D eigenvalue weighted by atomic mass is 9.92. The summed E-state index contributed by atoms with van der Waals surface area (Å²) in [4.78, 5) is 26.0. The summed E-state index contributed by atoms with van der Waals surface area (Å²) in [5.74, 6) is 0.223. The maximum absolute atomic E-state index is 12.8. The Morgan fingerprint density at radius 3 is 2.48 bits per heavy atom. The predicted molar refractivity (Wildman–Crippen MR) is 92.0 cm³/mol. The fourth-order valence-corrected chi connectivity index (χ4v) is 3.59. The number of aliphatic carboxylic acids is 1. The van der Waals surface area contributed by atoms with E-state index in [2.05, 4.69) is 0 Å². The molecule has 1 heterocycles. The summed E-state index contributed by atoms with van der Waals surface area (Å²) in [6.07, 6.45) is 2.15. The minimum absolute atomic E-state index is 0.00431. The number of ether oxygens (including phenoxy) is 2. The summed E-state index contributed by atoms with van der Waals surface area (Å²) < 4.78 is 11.0. The van der Waals surface area contributed by atoms with Gasteiger partial charge in [0.1, 0.15) is 0 Å². The average molecular weight is 347 g/mol. The van der Waals surface area contributed by atoms with Crippen molar-refractivity contribution in [2.45, 2.75) is 32.8 Å². The number of carboxylic acid groups (broad SMARTS) is 1. The molecule has 1 aromatic carbocycles. The zero-order chi connectivity index (χ0) is 18.1. The standard InChI is InChI=1S/C19H25NO5/c1-11(2)25-16-7-6-13(8-17(16)24-3)18(21)20-9-14(12-4-5-12)15(10-20)19(22)23/h6-8,11-12,14-15H,4-5,9-10H2,1-3H3,(H,22,23)/t14-,15+/m1/s1. The number of carboxylic acids is 1. The van der Waals surface area contributed by atoms with Gasteiger partial charge in [-0.1, -0.05) is 0 Å². The van der Waals surface area contributed by atoms with Gasteiger partial charge in [-0.05, 0) is 56.7 Å². The lowest BCUT2D eigenvalue weighted by Gasteiger charge is -2.18. The molecule has 0 bridgehead atoms. The van der Waals surface area contributed by atoms with Gasteiger partial charge in [-0.3, -0.25) is 9.59 Å².